The summed E-state index contributed by atoms with van der Waals surface area (Å²) in [6.45, 7) is 1.75. The molecule has 0 saturated heterocycles. The van der Waals surface area contributed by atoms with Gasteiger partial charge in [-0.25, -0.2) is 4.79 Å². The highest BCUT2D eigenvalue weighted by molar-refractivity contribution is 7.85. The van der Waals surface area contributed by atoms with E-state index < -0.39 is 22.0 Å². The van der Waals surface area contributed by atoms with Crippen molar-refractivity contribution in [1.82, 2.24) is 0 Å². The maximum atomic E-state index is 10.5. The highest BCUT2D eigenvalue weighted by Gasteiger charge is 2.06. The van der Waals surface area contributed by atoms with E-state index >= 15 is 0 Å². The van der Waals surface area contributed by atoms with E-state index in [2.05, 4.69) is 9.47 Å². The van der Waals surface area contributed by atoms with Crippen LogP contribution < -0.4 is 0 Å². The molecule has 0 aliphatic heterocycles. The molecule has 0 aromatic heterocycles. The largest absolute Gasteiger partial charge is 0.508 e. The van der Waals surface area contributed by atoms with E-state index in [1.165, 1.54) is 0 Å². The standard InChI is InChI=1S/C6H12O6S/c1-2-11-6(7)12-4-3-5-13(8,9)10/h2-5H2,1H3,(H,8,9,10). The normalized spacial score (nSPS) is 10.9. The van der Waals surface area contributed by atoms with Gasteiger partial charge in [0.1, 0.15) is 0 Å². The molecule has 0 radical (unpaired) electrons. The Morgan fingerprint density at radius 1 is 1.38 bits per heavy atom. The Morgan fingerprint density at radius 3 is 2.46 bits per heavy atom. The fraction of sp³-hybridized carbons (Fsp3) is 0.833. The van der Waals surface area contributed by atoms with Gasteiger partial charge in [0.15, 0.2) is 0 Å². The Morgan fingerprint density at radius 2 is 2.00 bits per heavy atom. The predicted molar refractivity (Wildman–Crippen MR) is 44.0 cm³/mol. The second kappa shape index (κ2) is 5.76. The zero-order chi connectivity index (χ0) is 10.3. The lowest BCUT2D eigenvalue weighted by atomic mass is 10.5. The van der Waals surface area contributed by atoms with E-state index in [1.54, 1.807) is 6.92 Å². The molecule has 0 amide bonds. The van der Waals surface area contributed by atoms with Crippen LogP contribution in [0.5, 0.6) is 0 Å². The van der Waals surface area contributed by atoms with Crippen molar-refractivity contribution in [3.8, 4) is 0 Å². The molecule has 0 aromatic rings. The summed E-state index contributed by atoms with van der Waals surface area (Å²) < 4.78 is 37.5. The molecule has 0 unspecified atom stereocenters. The number of hydrogen-bond acceptors (Lipinski definition) is 5. The van der Waals surface area contributed by atoms with Gasteiger partial charge in [-0.1, -0.05) is 0 Å². The van der Waals surface area contributed by atoms with Crippen molar-refractivity contribution < 1.29 is 27.2 Å². The lowest BCUT2D eigenvalue weighted by molar-refractivity contribution is 0.0592. The van der Waals surface area contributed by atoms with Gasteiger partial charge in [0.25, 0.3) is 10.1 Å². The summed E-state index contributed by atoms with van der Waals surface area (Å²) >= 11 is 0. The lowest BCUT2D eigenvalue weighted by Gasteiger charge is -2.02. The second-order valence-corrected chi connectivity index (χ2v) is 3.74. The summed E-state index contributed by atoms with van der Waals surface area (Å²) in [5.74, 6) is -0.424. The van der Waals surface area contributed by atoms with Crippen molar-refractivity contribution in [3.63, 3.8) is 0 Å². The average molecular weight is 212 g/mol. The summed E-state index contributed by atoms with van der Waals surface area (Å²) in [6.07, 6.45) is -0.782. The highest BCUT2D eigenvalue weighted by atomic mass is 32.2. The highest BCUT2D eigenvalue weighted by Crippen LogP contribution is 1.91. The van der Waals surface area contributed by atoms with E-state index in [4.69, 9.17) is 4.55 Å². The summed E-state index contributed by atoms with van der Waals surface area (Å²) in [6, 6.07) is 0. The Balaban J connectivity index is 3.41. The maximum Gasteiger partial charge on any atom is 0.508 e. The fourth-order valence-corrected chi connectivity index (χ4v) is 1.04. The molecule has 0 saturated carbocycles. The molecule has 0 rings (SSSR count). The molecular weight excluding hydrogens is 200 g/mol. The van der Waals surface area contributed by atoms with E-state index in [0.717, 1.165) is 0 Å². The molecule has 78 valence electrons. The predicted octanol–water partition coefficient (Wildman–Crippen LogP) is 0.437. The van der Waals surface area contributed by atoms with Crippen LogP contribution in [0, 0.1) is 0 Å². The van der Waals surface area contributed by atoms with Crippen LogP contribution in [-0.4, -0.2) is 38.1 Å². The van der Waals surface area contributed by atoms with Crippen LogP contribution in [0.3, 0.4) is 0 Å². The van der Waals surface area contributed by atoms with Crippen molar-refractivity contribution >= 4 is 16.3 Å². The van der Waals surface area contributed by atoms with Gasteiger partial charge in [-0.3, -0.25) is 4.55 Å². The number of ether oxygens (including phenoxy) is 2. The van der Waals surface area contributed by atoms with Gasteiger partial charge >= 0.3 is 6.16 Å². The van der Waals surface area contributed by atoms with Crippen LogP contribution >= 0.6 is 0 Å². The number of carbonyl (C=O) groups excluding carboxylic acids is 1. The van der Waals surface area contributed by atoms with E-state index in [0.29, 0.717) is 0 Å². The van der Waals surface area contributed by atoms with Gasteiger partial charge in [-0.2, -0.15) is 8.42 Å². The number of carbonyl (C=O) groups is 1. The van der Waals surface area contributed by atoms with Gasteiger partial charge in [0.05, 0.1) is 19.0 Å². The fourth-order valence-electron chi connectivity index (χ4n) is 0.556. The van der Waals surface area contributed by atoms with Crippen LogP contribution in [0.25, 0.3) is 0 Å². The van der Waals surface area contributed by atoms with Crippen molar-refractivity contribution in [1.29, 1.82) is 0 Å². The van der Waals surface area contributed by atoms with Crippen molar-refractivity contribution in [2.75, 3.05) is 19.0 Å². The molecule has 0 spiro atoms. The first-order valence-corrected chi connectivity index (χ1v) is 5.31. The van der Waals surface area contributed by atoms with Crippen molar-refractivity contribution in [2.24, 2.45) is 0 Å². The van der Waals surface area contributed by atoms with Crippen LogP contribution in [0.2, 0.25) is 0 Å². The molecule has 6 nitrogen and oxygen atoms in total. The molecule has 0 aliphatic carbocycles. The van der Waals surface area contributed by atoms with Crippen LogP contribution in [0.15, 0.2) is 0 Å². The zero-order valence-electron chi connectivity index (χ0n) is 7.23. The minimum Gasteiger partial charge on any atom is -0.435 e. The smallest absolute Gasteiger partial charge is 0.435 e. The lowest BCUT2D eigenvalue weighted by Crippen LogP contribution is -2.11. The maximum absolute atomic E-state index is 10.5. The van der Waals surface area contributed by atoms with Crippen molar-refractivity contribution in [3.05, 3.63) is 0 Å². The SMILES string of the molecule is CCOC(=O)OCCCS(=O)(=O)O. The molecular formula is C6H12O6S. The molecule has 7 heteroatoms. The summed E-state index contributed by atoms with van der Waals surface area (Å²) in [7, 11) is -3.97. The summed E-state index contributed by atoms with van der Waals surface area (Å²) in [5, 5.41) is 0. The Kier molecular flexibility index (Phi) is 5.40. The molecule has 0 aliphatic rings. The minimum absolute atomic E-state index is 0.0532. The molecule has 0 aromatic carbocycles. The third-order valence-electron chi connectivity index (χ3n) is 1.03. The molecule has 0 bridgehead atoms. The monoisotopic (exact) mass is 212 g/mol. The summed E-state index contributed by atoms with van der Waals surface area (Å²) in [5.41, 5.74) is 0. The topological polar surface area (TPSA) is 89.9 Å². The minimum atomic E-state index is -3.97. The molecule has 0 heterocycles. The van der Waals surface area contributed by atoms with Crippen LogP contribution in [0.4, 0.5) is 4.79 Å². The zero-order valence-corrected chi connectivity index (χ0v) is 8.04. The first-order chi connectivity index (χ1) is 5.95. The Labute approximate surface area is 76.6 Å². The molecule has 0 fully saturated rings. The van der Waals surface area contributed by atoms with Gasteiger partial charge in [0.2, 0.25) is 0 Å². The molecule has 13 heavy (non-hydrogen) atoms. The van der Waals surface area contributed by atoms with Gasteiger partial charge < -0.3 is 9.47 Å². The van der Waals surface area contributed by atoms with Crippen molar-refractivity contribution in [2.45, 2.75) is 13.3 Å². The first-order valence-electron chi connectivity index (χ1n) is 3.70. The number of hydrogen-bond donors (Lipinski definition) is 1. The molecule has 0 atom stereocenters. The van der Waals surface area contributed by atoms with Crippen LogP contribution in [-0.2, 0) is 19.6 Å². The second-order valence-electron chi connectivity index (χ2n) is 2.17. The third kappa shape index (κ3) is 9.09. The average Bonchev–Trinajstić information content (AvgIpc) is 1.97. The first kappa shape index (κ1) is 12.2. The van der Waals surface area contributed by atoms with E-state index in [1.807, 2.05) is 0 Å². The third-order valence-corrected chi connectivity index (χ3v) is 1.83. The Bertz CT molecular complexity index is 244. The van der Waals surface area contributed by atoms with Crippen LogP contribution in [0.1, 0.15) is 13.3 Å². The number of rotatable bonds is 5. The Hall–Kier alpha value is -0.820. The molecule has 1 N–H and O–H groups in total. The van der Waals surface area contributed by atoms with Gasteiger partial charge in [-0.15, -0.1) is 0 Å². The summed E-state index contributed by atoms with van der Waals surface area (Å²) in [4.78, 5) is 10.5. The quantitative estimate of drug-likeness (QED) is 0.404. The van der Waals surface area contributed by atoms with E-state index in [9.17, 15) is 13.2 Å². The van der Waals surface area contributed by atoms with Gasteiger partial charge in [-0.05, 0) is 13.3 Å². The van der Waals surface area contributed by atoms with E-state index in [-0.39, 0.29) is 19.6 Å². The van der Waals surface area contributed by atoms with Gasteiger partial charge in [0, 0.05) is 0 Å².